The van der Waals surface area contributed by atoms with Gasteiger partial charge in [-0.2, -0.15) is 0 Å². The number of ether oxygens (including phenoxy) is 1. The predicted molar refractivity (Wildman–Crippen MR) is 134 cm³/mol. The molecule has 0 aromatic heterocycles. The molecular formula is C27H25BrN2O4. The van der Waals surface area contributed by atoms with Gasteiger partial charge >= 0.3 is 11.9 Å². The van der Waals surface area contributed by atoms with Gasteiger partial charge in [0.25, 0.3) is 0 Å². The van der Waals surface area contributed by atoms with E-state index in [1.54, 1.807) is 11.8 Å². The third-order valence-corrected chi connectivity index (χ3v) is 6.17. The average molecular weight is 521 g/mol. The number of hydrogen-bond donors (Lipinski definition) is 1. The first-order valence-corrected chi connectivity index (χ1v) is 11.8. The van der Waals surface area contributed by atoms with Crippen LogP contribution in [0.1, 0.15) is 24.2 Å². The van der Waals surface area contributed by atoms with E-state index in [0.717, 1.165) is 15.6 Å². The highest BCUT2D eigenvalue weighted by Crippen LogP contribution is 2.40. The molecular weight excluding hydrogens is 496 g/mol. The standard InChI is InChI=1S/C27H25BrN2O4/c1-2-34-27(33)24-23(26(31)32)18-29(17-19-9-5-3-6-10-19)25(20-11-7-4-8-12-20)30(24)22-15-13-21(28)14-16-22/h3-16,25H,2,17-18H2,1H3,(H,31,32). The van der Waals surface area contributed by atoms with E-state index in [2.05, 4.69) is 20.8 Å². The summed E-state index contributed by atoms with van der Waals surface area (Å²) < 4.78 is 6.23. The predicted octanol–water partition coefficient (Wildman–Crippen LogP) is 5.37. The number of aliphatic carboxylic acids is 1. The second kappa shape index (κ2) is 10.7. The zero-order valence-corrected chi connectivity index (χ0v) is 20.3. The summed E-state index contributed by atoms with van der Waals surface area (Å²) in [5, 5.41) is 10.1. The Labute approximate surface area is 207 Å². The van der Waals surface area contributed by atoms with Gasteiger partial charge in [-0.05, 0) is 42.3 Å². The highest BCUT2D eigenvalue weighted by atomic mass is 79.9. The topological polar surface area (TPSA) is 70.1 Å². The Hall–Kier alpha value is -3.42. The first kappa shape index (κ1) is 23.7. The van der Waals surface area contributed by atoms with Crippen LogP contribution in [0, 0.1) is 0 Å². The quantitative estimate of drug-likeness (QED) is 0.422. The lowest BCUT2D eigenvalue weighted by Gasteiger charge is -2.45. The van der Waals surface area contributed by atoms with Gasteiger partial charge in [-0.3, -0.25) is 4.90 Å². The molecule has 0 spiro atoms. The Morgan fingerprint density at radius 1 is 0.971 bits per heavy atom. The zero-order chi connectivity index (χ0) is 24.1. The lowest BCUT2D eigenvalue weighted by molar-refractivity contribution is -0.140. The van der Waals surface area contributed by atoms with Crippen molar-refractivity contribution in [2.24, 2.45) is 0 Å². The minimum atomic E-state index is -1.14. The fourth-order valence-corrected chi connectivity index (χ4v) is 4.47. The van der Waals surface area contributed by atoms with Crippen LogP contribution in [0.5, 0.6) is 0 Å². The van der Waals surface area contributed by atoms with Crippen LogP contribution in [0.15, 0.2) is 101 Å². The van der Waals surface area contributed by atoms with Crippen molar-refractivity contribution in [1.82, 2.24) is 4.90 Å². The number of anilines is 1. The third-order valence-electron chi connectivity index (χ3n) is 5.64. The SMILES string of the molecule is CCOC(=O)C1=C(C(=O)O)CN(Cc2ccccc2)C(c2ccccc2)N1c1ccc(Br)cc1. The van der Waals surface area contributed by atoms with E-state index in [9.17, 15) is 14.7 Å². The van der Waals surface area contributed by atoms with Gasteiger partial charge in [0, 0.05) is 23.2 Å². The van der Waals surface area contributed by atoms with Crippen molar-refractivity contribution >= 4 is 33.6 Å². The Bertz CT molecular complexity index is 1180. The van der Waals surface area contributed by atoms with E-state index in [0.29, 0.717) is 12.2 Å². The molecule has 34 heavy (non-hydrogen) atoms. The van der Waals surface area contributed by atoms with Crippen LogP contribution in [0.3, 0.4) is 0 Å². The average Bonchev–Trinajstić information content (AvgIpc) is 2.85. The second-order valence-corrected chi connectivity index (χ2v) is 8.79. The molecule has 1 heterocycles. The molecule has 3 aromatic rings. The summed E-state index contributed by atoms with van der Waals surface area (Å²) in [5.74, 6) is -1.79. The third kappa shape index (κ3) is 5.05. The summed E-state index contributed by atoms with van der Waals surface area (Å²) in [5.41, 5.74) is 2.73. The van der Waals surface area contributed by atoms with Crippen LogP contribution >= 0.6 is 15.9 Å². The molecule has 0 aliphatic carbocycles. The number of nitrogens with zero attached hydrogens (tertiary/aromatic N) is 2. The van der Waals surface area contributed by atoms with Crippen LogP contribution in [-0.4, -0.2) is 35.1 Å². The fraction of sp³-hybridized carbons (Fsp3) is 0.185. The molecule has 1 aliphatic rings. The molecule has 1 N–H and O–H groups in total. The zero-order valence-electron chi connectivity index (χ0n) is 18.7. The summed E-state index contributed by atoms with van der Waals surface area (Å²) in [6.45, 7) is 2.44. The van der Waals surface area contributed by atoms with Gasteiger partial charge < -0.3 is 14.7 Å². The Balaban J connectivity index is 1.94. The monoisotopic (exact) mass is 520 g/mol. The molecule has 0 saturated heterocycles. The minimum absolute atomic E-state index is 0.00415. The van der Waals surface area contributed by atoms with Crippen molar-refractivity contribution in [3.05, 3.63) is 112 Å². The van der Waals surface area contributed by atoms with Gasteiger partial charge in [0.05, 0.1) is 12.2 Å². The number of carboxylic acids is 1. The maximum absolute atomic E-state index is 13.2. The molecule has 6 nitrogen and oxygen atoms in total. The highest BCUT2D eigenvalue weighted by molar-refractivity contribution is 9.10. The molecule has 0 fully saturated rings. The second-order valence-electron chi connectivity index (χ2n) is 7.87. The lowest BCUT2D eigenvalue weighted by Crippen LogP contribution is -2.49. The van der Waals surface area contributed by atoms with E-state index in [1.807, 2.05) is 84.9 Å². The number of carbonyl (C=O) groups is 2. The van der Waals surface area contributed by atoms with E-state index < -0.39 is 18.1 Å². The number of benzene rings is 3. The molecule has 3 aromatic carbocycles. The molecule has 1 aliphatic heterocycles. The molecule has 1 atom stereocenters. The van der Waals surface area contributed by atoms with Gasteiger partial charge in [-0.1, -0.05) is 76.6 Å². The van der Waals surface area contributed by atoms with Crippen molar-refractivity contribution in [3.63, 3.8) is 0 Å². The highest BCUT2D eigenvalue weighted by Gasteiger charge is 2.41. The largest absolute Gasteiger partial charge is 0.478 e. The van der Waals surface area contributed by atoms with Gasteiger partial charge in [0.1, 0.15) is 11.9 Å². The normalized spacial score (nSPS) is 16.4. The van der Waals surface area contributed by atoms with E-state index in [4.69, 9.17) is 4.74 Å². The van der Waals surface area contributed by atoms with Crippen molar-refractivity contribution in [3.8, 4) is 0 Å². The van der Waals surface area contributed by atoms with Crippen LogP contribution in [0.2, 0.25) is 0 Å². The Morgan fingerprint density at radius 2 is 1.59 bits per heavy atom. The number of hydrogen-bond acceptors (Lipinski definition) is 5. The van der Waals surface area contributed by atoms with E-state index in [1.165, 1.54) is 0 Å². The number of carbonyl (C=O) groups excluding carboxylic acids is 1. The maximum Gasteiger partial charge on any atom is 0.355 e. The van der Waals surface area contributed by atoms with Crippen LogP contribution in [-0.2, 0) is 20.9 Å². The van der Waals surface area contributed by atoms with Crippen LogP contribution in [0.4, 0.5) is 5.69 Å². The van der Waals surface area contributed by atoms with Gasteiger partial charge in [0.2, 0.25) is 0 Å². The molecule has 7 heteroatoms. The molecule has 0 bridgehead atoms. The number of esters is 1. The molecule has 174 valence electrons. The fourth-order valence-electron chi connectivity index (χ4n) is 4.20. The first-order chi connectivity index (χ1) is 16.5. The van der Waals surface area contributed by atoms with Crippen molar-refractivity contribution in [2.45, 2.75) is 19.6 Å². The smallest absolute Gasteiger partial charge is 0.355 e. The molecule has 0 saturated carbocycles. The summed E-state index contributed by atoms with van der Waals surface area (Å²) in [6.07, 6.45) is -0.426. The first-order valence-electron chi connectivity index (χ1n) is 11.0. The molecule has 0 amide bonds. The molecule has 4 rings (SSSR count). The van der Waals surface area contributed by atoms with E-state index >= 15 is 0 Å². The van der Waals surface area contributed by atoms with Crippen molar-refractivity contribution in [1.29, 1.82) is 0 Å². The lowest BCUT2D eigenvalue weighted by atomic mass is 9.99. The van der Waals surface area contributed by atoms with Crippen molar-refractivity contribution < 1.29 is 19.4 Å². The van der Waals surface area contributed by atoms with E-state index in [-0.39, 0.29) is 24.4 Å². The van der Waals surface area contributed by atoms with Gasteiger partial charge in [-0.15, -0.1) is 0 Å². The van der Waals surface area contributed by atoms with Gasteiger partial charge in [-0.25, -0.2) is 9.59 Å². The minimum Gasteiger partial charge on any atom is -0.478 e. The Morgan fingerprint density at radius 3 is 2.18 bits per heavy atom. The summed E-state index contributed by atoms with van der Waals surface area (Å²) in [4.78, 5) is 29.5. The van der Waals surface area contributed by atoms with Gasteiger partial charge in [0.15, 0.2) is 0 Å². The molecule has 1 unspecified atom stereocenters. The summed E-state index contributed by atoms with van der Waals surface area (Å²) in [7, 11) is 0. The van der Waals surface area contributed by atoms with Crippen LogP contribution in [0.25, 0.3) is 0 Å². The summed E-state index contributed by atoms with van der Waals surface area (Å²) >= 11 is 3.46. The number of rotatable bonds is 7. The summed E-state index contributed by atoms with van der Waals surface area (Å²) in [6, 6.07) is 27.2. The number of carboxylic acid groups (broad SMARTS) is 1. The van der Waals surface area contributed by atoms with Crippen molar-refractivity contribution in [2.75, 3.05) is 18.1 Å². The molecule has 0 radical (unpaired) electrons. The maximum atomic E-state index is 13.2. The van der Waals surface area contributed by atoms with Crippen LogP contribution < -0.4 is 4.90 Å². The Kier molecular flexibility index (Phi) is 7.45. The number of halogens is 1.